The van der Waals surface area contributed by atoms with Crippen molar-refractivity contribution in [1.29, 1.82) is 0 Å². The van der Waals surface area contributed by atoms with E-state index in [2.05, 4.69) is 4.90 Å². The van der Waals surface area contributed by atoms with Crippen LogP contribution in [0, 0.1) is 15.5 Å². The third kappa shape index (κ3) is 3.49. The van der Waals surface area contributed by atoms with Gasteiger partial charge in [0.25, 0.3) is 5.69 Å². The summed E-state index contributed by atoms with van der Waals surface area (Å²) in [5.41, 5.74) is 0.291. The Morgan fingerprint density at radius 2 is 1.90 bits per heavy atom. The number of hydrogen-bond acceptors (Lipinski definition) is 9. The molecule has 0 bridgehead atoms. The predicted molar refractivity (Wildman–Crippen MR) is 146 cm³/mol. The van der Waals surface area contributed by atoms with E-state index in [1.807, 2.05) is 36.4 Å². The van der Waals surface area contributed by atoms with Crippen molar-refractivity contribution in [2.45, 2.75) is 68.3 Å². The van der Waals surface area contributed by atoms with Gasteiger partial charge in [-0.2, -0.15) is 0 Å². The maximum atomic E-state index is 14.7. The summed E-state index contributed by atoms with van der Waals surface area (Å²) in [4.78, 5) is 28.4. The highest BCUT2D eigenvalue weighted by Crippen LogP contribution is 2.61. The van der Waals surface area contributed by atoms with Crippen molar-refractivity contribution >= 4 is 23.2 Å². The third-order valence-electron chi connectivity index (χ3n) is 9.59. The maximum absolute atomic E-state index is 14.7. The summed E-state index contributed by atoms with van der Waals surface area (Å²) in [6, 6.07) is 13.7. The molecule has 10 heteroatoms. The average molecular weight is 563 g/mol. The Hall–Kier alpha value is -2.92. The van der Waals surface area contributed by atoms with E-state index in [1.165, 1.54) is 12.5 Å². The number of ether oxygens (including phenoxy) is 4. The van der Waals surface area contributed by atoms with Crippen LogP contribution >= 0.6 is 11.8 Å². The number of carbonyl (C=O) groups is 1. The normalized spacial score (nSPS) is 35.6. The second-order valence-corrected chi connectivity index (χ2v) is 12.7. The van der Waals surface area contributed by atoms with Gasteiger partial charge in [-0.3, -0.25) is 19.8 Å². The van der Waals surface area contributed by atoms with E-state index in [0.717, 1.165) is 42.9 Å². The lowest BCUT2D eigenvalue weighted by molar-refractivity contribution is -0.384. The Bertz CT molecular complexity index is 1420. The molecule has 0 aromatic heterocycles. The lowest BCUT2D eigenvalue weighted by Gasteiger charge is -2.43. The lowest BCUT2D eigenvalue weighted by Crippen LogP contribution is -2.53. The van der Waals surface area contributed by atoms with Crippen LogP contribution in [0.3, 0.4) is 0 Å². The molecule has 1 saturated carbocycles. The highest BCUT2D eigenvalue weighted by Gasteiger charge is 2.69. The molecule has 6 aliphatic rings. The monoisotopic (exact) mass is 562 g/mol. The molecule has 0 amide bonds. The quantitative estimate of drug-likeness (QED) is 0.377. The van der Waals surface area contributed by atoms with Crippen LogP contribution < -0.4 is 4.74 Å². The van der Waals surface area contributed by atoms with Crippen molar-refractivity contribution in [3.05, 3.63) is 81.6 Å². The number of ketones is 1. The first-order valence-corrected chi connectivity index (χ1v) is 15.2. The molecule has 6 atom stereocenters. The fourth-order valence-corrected chi connectivity index (χ4v) is 9.24. The smallest absolute Gasteiger partial charge is 0.269 e. The minimum Gasteiger partial charge on any atom is -0.492 e. The average Bonchev–Trinajstić information content (AvgIpc) is 3.70. The highest BCUT2D eigenvalue weighted by atomic mass is 32.2. The molecule has 2 spiro atoms. The van der Waals surface area contributed by atoms with E-state index in [9.17, 15) is 14.9 Å². The number of fused-ring (bicyclic) bond motifs is 3. The topological polar surface area (TPSA) is 100 Å². The van der Waals surface area contributed by atoms with Gasteiger partial charge < -0.3 is 18.9 Å². The number of non-ortho nitro benzene ring substituents is 1. The van der Waals surface area contributed by atoms with Crippen molar-refractivity contribution in [3.63, 3.8) is 0 Å². The molecule has 3 saturated heterocycles. The summed E-state index contributed by atoms with van der Waals surface area (Å²) in [5, 5.41) is 11.7. The van der Waals surface area contributed by atoms with E-state index in [0.29, 0.717) is 17.1 Å². The standard InChI is InChI=1S/C30H30N2O7S/c33-27-20-9-2-3-10-22(20)36-16-30(27)25(18-7-6-8-19(13-18)32(34)35)21-15-40-17-31(21)26(30)23-14-24-28(37-23)39-29(38-24)11-4-1-5-12-29/h2-3,6-10,13-14,21,24-26,28H,1,4-5,11-12,15-17H2/t21-,24+,25+,26-,28+,30+/m1/s1. The Balaban J connectivity index is 1.25. The van der Waals surface area contributed by atoms with Crippen LogP contribution in [0.5, 0.6) is 5.75 Å². The van der Waals surface area contributed by atoms with Crippen molar-refractivity contribution in [2.75, 3.05) is 18.2 Å². The number of nitro groups is 1. The zero-order chi connectivity index (χ0) is 27.1. The third-order valence-corrected chi connectivity index (χ3v) is 10.6. The maximum Gasteiger partial charge on any atom is 0.269 e. The molecular weight excluding hydrogens is 532 g/mol. The van der Waals surface area contributed by atoms with E-state index < -0.39 is 23.5 Å². The molecule has 0 N–H and O–H groups in total. The minimum atomic E-state index is -1.04. The van der Waals surface area contributed by atoms with Crippen molar-refractivity contribution in [3.8, 4) is 5.75 Å². The molecule has 8 rings (SSSR count). The SMILES string of the molecule is O=C1c2ccccc2OC[C@@]12[C@@H](c1cccc([N+](=O)[O-])c1)[C@H]1CSCN1[C@@H]2C1=C[C@@H]2OC3(CCCCC3)O[C@@H]2O1. The zero-order valence-electron chi connectivity index (χ0n) is 21.9. The van der Waals surface area contributed by atoms with Gasteiger partial charge in [-0.15, -0.1) is 11.8 Å². The molecular formula is C30H30N2O7S. The number of para-hydroxylation sites is 1. The molecule has 9 nitrogen and oxygen atoms in total. The van der Waals surface area contributed by atoms with Crippen LogP contribution in [0.15, 0.2) is 60.4 Å². The number of nitrogens with zero attached hydrogens (tertiary/aromatic N) is 2. The number of carbonyl (C=O) groups excluding carboxylic acids is 1. The van der Waals surface area contributed by atoms with Gasteiger partial charge in [0, 0.05) is 48.6 Å². The van der Waals surface area contributed by atoms with Gasteiger partial charge in [0.05, 0.1) is 21.9 Å². The molecule has 40 heavy (non-hydrogen) atoms. The summed E-state index contributed by atoms with van der Waals surface area (Å²) in [6.45, 7) is 0.153. The zero-order valence-corrected chi connectivity index (χ0v) is 22.7. The van der Waals surface area contributed by atoms with Crippen molar-refractivity contribution in [2.24, 2.45) is 5.41 Å². The van der Waals surface area contributed by atoms with Gasteiger partial charge in [0.1, 0.15) is 24.2 Å². The van der Waals surface area contributed by atoms with E-state index in [4.69, 9.17) is 18.9 Å². The fourth-order valence-electron chi connectivity index (χ4n) is 7.96. The van der Waals surface area contributed by atoms with Gasteiger partial charge in [-0.1, -0.05) is 30.7 Å². The first kappa shape index (κ1) is 24.8. The molecule has 5 aliphatic heterocycles. The summed E-state index contributed by atoms with van der Waals surface area (Å²) in [7, 11) is 0. The van der Waals surface area contributed by atoms with Crippen LogP contribution in [0.4, 0.5) is 5.69 Å². The lowest BCUT2D eigenvalue weighted by atomic mass is 9.63. The van der Waals surface area contributed by atoms with Crippen LogP contribution in [-0.2, 0) is 14.2 Å². The van der Waals surface area contributed by atoms with Crippen molar-refractivity contribution in [1.82, 2.24) is 4.90 Å². The summed E-state index contributed by atoms with van der Waals surface area (Å²) >= 11 is 1.81. The molecule has 208 valence electrons. The molecule has 2 aromatic carbocycles. The van der Waals surface area contributed by atoms with Gasteiger partial charge in [0.15, 0.2) is 11.6 Å². The molecule has 0 unspecified atom stereocenters. The molecule has 5 heterocycles. The minimum absolute atomic E-state index is 0.0117. The number of benzene rings is 2. The number of thioether (sulfide) groups is 1. The Morgan fingerprint density at radius 1 is 1.05 bits per heavy atom. The number of rotatable bonds is 3. The van der Waals surface area contributed by atoms with E-state index in [1.54, 1.807) is 23.9 Å². The first-order valence-electron chi connectivity index (χ1n) is 14.1. The molecule has 2 aromatic rings. The fraction of sp³-hybridized carbons (Fsp3) is 0.500. The van der Waals surface area contributed by atoms with Gasteiger partial charge in [-0.25, -0.2) is 0 Å². The number of Topliss-reactive ketones (excluding diaryl/α,β-unsaturated/α-hetero) is 1. The Labute approximate surface area is 235 Å². The van der Waals surface area contributed by atoms with Crippen LogP contribution in [-0.4, -0.2) is 64.1 Å². The Morgan fingerprint density at radius 3 is 2.73 bits per heavy atom. The van der Waals surface area contributed by atoms with Gasteiger partial charge in [0.2, 0.25) is 6.29 Å². The second-order valence-electron chi connectivity index (χ2n) is 11.7. The number of hydrogen-bond donors (Lipinski definition) is 0. The summed E-state index contributed by atoms with van der Waals surface area (Å²) in [6.07, 6.45) is 6.21. The van der Waals surface area contributed by atoms with Gasteiger partial charge in [-0.05, 0) is 36.6 Å². The molecule has 4 fully saturated rings. The summed E-state index contributed by atoms with van der Waals surface area (Å²) in [5.74, 6) is 1.85. The van der Waals surface area contributed by atoms with Gasteiger partial charge >= 0.3 is 0 Å². The number of nitro benzene ring substituents is 1. The Kier molecular flexibility index (Phi) is 5.61. The van der Waals surface area contributed by atoms with E-state index in [-0.39, 0.29) is 41.1 Å². The largest absolute Gasteiger partial charge is 0.492 e. The highest BCUT2D eigenvalue weighted by molar-refractivity contribution is 7.99. The van der Waals surface area contributed by atoms with Crippen LogP contribution in [0.2, 0.25) is 0 Å². The van der Waals surface area contributed by atoms with Crippen molar-refractivity contribution < 1.29 is 28.7 Å². The molecule has 0 radical (unpaired) electrons. The van der Waals surface area contributed by atoms with Crippen LogP contribution in [0.25, 0.3) is 0 Å². The predicted octanol–water partition coefficient (Wildman–Crippen LogP) is 5.01. The second kappa shape index (κ2) is 9.04. The first-order chi connectivity index (χ1) is 19.5. The summed E-state index contributed by atoms with van der Waals surface area (Å²) < 4.78 is 25.8. The van der Waals surface area contributed by atoms with E-state index >= 15 is 0 Å². The molecule has 1 aliphatic carbocycles. The van der Waals surface area contributed by atoms with Crippen LogP contribution in [0.1, 0.15) is 53.9 Å².